The molecule has 73 heavy (non-hydrogen) atoms. The first-order valence-electron chi connectivity index (χ1n) is 31.2. The van der Waals surface area contributed by atoms with Crippen LogP contribution >= 0.6 is 0 Å². The molecule has 8 unspecified atom stereocenters. The summed E-state index contributed by atoms with van der Waals surface area (Å²) in [6.07, 6.45) is 20.8. The first-order chi connectivity index (χ1) is 35.3. The predicted molar refractivity (Wildman–Crippen MR) is 293 cm³/mol. The molecule has 0 aliphatic heterocycles. The van der Waals surface area contributed by atoms with Crippen LogP contribution in [0.15, 0.2) is 24.3 Å². The quantitative estimate of drug-likeness (QED) is 0.0878. The van der Waals surface area contributed by atoms with Gasteiger partial charge in [-0.25, -0.2) is 0 Å². The Morgan fingerprint density at radius 3 is 1.27 bits per heavy atom. The second-order valence-electron chi connectivity index (χ2n) is 29.4. The topological polar surface area (TPSA) is 168 Å². The highest BCUT2D eigenvalue weighted by atomic mass is 16.5. The van der Waals surface area contributed by atoms with Crippen LogP contribution in [0.25, 0.3) is 0 Å². The molecule has 7 N–H and O–H groups in total. The molecule has 420 valence electrons. The van der Waals surface area contributed by atoms with Gasteiger partial charge in [0.15, 0.2) is 0 Å². The number of aliphatic hydroxyl groups is 7. The van der Waals surface area contributed by atoms with E-state index in [0.29, 0.717) is 65.8 Å². The number of carbonyl (C=O) groups excluding carboxylic acids is 1. The Balaban J connectivity index is 0.000000206. The molecule has 0 amide bonds. The first kappa shape index (κ1) is 56.4. The zero-order valence-electron chi connectivity index (χ0n) is 50.2. The fraction of sp³-hybridized carbons (Fsp3) is 0.922. The molecule has 0 heterocycles. The van der Waals surface area contributed by atoms with Crippen LogP contribution in [0.3, 0.4) is 0 Å². The van der Waals surface area contributed by atoms with Crippen LogP contribution in [-0.2, 0) is 9.53 Å². The second kappa shape index (κ2) is 20.1. The predicted octanol–water partition coefficient (Wildman–Crippen LogP) is 11.7. The van der Waals surface area contributed by atoms with Gasteiger partial charge in [0.25, 0.3) is 0 Å². The molecule has 0 saturated heterocycles. The van der Waals surface area contributed by atoms with Gasteiger partial charge < -0.3 is 40.5 Å². The van der Waals surface area contributed by atoms with Crippen LogP contribution in [0.5, 0.6) is 0 Å². The molecule has 10 fully saturated rings. The second-order valence-corrected chi connectivity index (χ2v) is 29.4. The molecule has 10 aliphatic rings. The van der Waals surface area contributed by atoms with Crippen molar-refractivity contribution in [3.05, 3.63) is 24.3 Å². The minimum atomic E-state index is -0.424. The summed E-state index contributed by atoms with van der Waals surface area (Å²) in [6.45, 7) is 30.7. The normalized spacial score (nSPS) is 53.4. The number of esters is 1. The maximum absolute atomic E-state index is 11.9. The molecular weight excluding hydrogens is 913 g/mol. The van der Waals surface area contributed by atoms with Gasteiger partial charge in [-0.2, -0.15) is 0 Å². The van der Waals surface area contributed by atoms with E-state index in [0.717, 1.165) is 107 Å². The van der Waals surface area contributed by atoms with Crippen LogP contribution < -0.4 is 0 Å². The lowest BCUT2D eigenvalue weighted by molar-refractivity contribution is -0.255. The van der Waals surface area contributed by atoms with E-state index in [9.17, 15) is 40.5 Å². The molecule has 0 aromatic heterocycles. The Hall–Kier alpha value is -1.33. The molecule has 0 aromatic rings. The van der Waals surface area contributed by atoms with E-state index in [1.807, 2.05) is 0 Å². The van der Waals surface area contributed by atoms with Crippen molar-refractivity contribution < 1.29 is 48.0 Å². The van der Waals surface area contributed by atoms with Crippen molar-refractivity contribution in [2.24, 2.45) is 113 Å². The van der Waals surface area contributed by atoms with E-state index in [2.05, 4.69) is 68.5 Å². The summed E-state index contributed by atoms with van der Waals surface area (Å²) in [4.78, 5) is 11.9. The smallest absolute Gasteiger partial charge is 0.302 e. The van der Waals surface area contributed by atoms with Crippen molar-refractivity contribution in [3.8, 4) is 0 Å². The standard InChI is InChI=1S/C32H52O5.C30H50O4.2CH4/c1-20(17-33)22-9-14-32(19-37-21(2)35)16-15-30(5)23(27(22)32)7-8-25-28(3)12-11-26(36)29(4,18-34)24(28)10-13-31(25,30)6;1-19(16-31)20-8-13-30(18-33)15-14-28(4)21(25(20)30)6-7-23-26(2)11-10-24(34)27(3,17-32)22(26)9-12-29(23,28)5;;/h22-27,33-34,36H,1,7-19H2,2-6H3;20-25,31-34H,1,6-18H2,2-5H3;2*1H4/t22-,23?,24?,25?,26-,27?,28-,29-,30+,31+,32+;20-,21?,22?,23?,24-,25?,26-,27-,28+,29+,30+;;/m00../s1/i;;2*1D. The maximum Gasteiger partial charge on any atom is 0.302 e. The van der Waals surface area contributed by atoms with E-state index >= 15 is 0 Å². The molecule has 22 atom stereocenters. The zero-order chi connectivity index (χ0) is 55.8. The zero-order valence-corrected chi connectivity index (χ0v) is 48.2. The van der Waals surface area contributed by atoms with E-state index in [1.165, 1.54) is 53.8 Å². The van der Waals surface area contributed by atoms with Crippen molar-refractivity contribution in [2.45, 2.75) is 218 Å². The maximum atomic E-state index is 11.9. The van der Waals surface area contributed by atoms with Crippen LogP contribution in [0.4, 0.5) is 0 Å². The molecule has 0 radical (unpaired) electrons. The van der Waals surface area contributed by atoms with Gasteiger partial charge in [0.1, 0.15) is 0 Å². The summed E-state index contributed by atoms with van der Waals surface area (Å²) >= 11 is 0. The van der Waals surface area contributed by atoms with E-state index < -0.39 is 23.0 Å². The number of ether oxygens (including phenoxy) is 1. The summed E-state index contributed by atoms with van der Waals surface area (Å²) in [5, 5.41) is 73.6. The van der Waals surface area contributed by atoms with Gasteiger partial charge in [0.2, 0.25) is 0 Å². The third-order valence-electron chi connectivity index (χ3n) is 27.8. The lowest BCUT2D eigenvalue weighted by Gasteiger charge is -2.73. The van der Waals surface area contributed by atoms with Crippen molar-refractivity contribution in [3.63, 3.8) is 0 Å². The SMILES string of the molecule is C=C(CO)[C@@H]1CC[C@]2(CO)CC[C@]3(C)C(CCC4[C@@]5(C)CC[C@H](O)[C@@](C)(CO)C5CC[C@]43C)C12.C=C(CO)[C@@H]1CC[C@]2(COC(C)=O)CC[C@]3(C)C(CCC4[C@@]5(C)CC[C@H](O)[C@@](C)(CO)C5CC[C@]43C)C12.[2H]C.[2H]C. The largest absolute Gasteiger partial charge is 0.465 e. The number of hydrogen-bond acceptors (Lipinski definition) is 9. The molecule has 10 rings (SSSR count). The first-order valence-corrected chi connectivity index (χ1v) is 29.2. The van der Waals surface area contributed by atoms with Gasteiger partial charge in [0.05, 0.1) is 45.2 Å². The van der Waals surface area contributed by atoms with Gasteiger partial charge in [-0.05, 0) is 237 Å². The number of hydrogen-bond donors (Lipinski definition) is 7. The van der Waals surface area contributed by atoms with Crippen molar-refractivity contribution in [1.82, 2.24) is 0 Å². The molecule has 0 bridgehead atoms. The third-order valence-corrected chi connectivity index (χ3v) is 27.8. The minimum Gasteiger partial charge on any atom is -0.465 e. The Kier molecular flexibility index (Phi) is 15.5. The van der Waals surface area contributed by atoms with Crippen molar-refractivity contribution in [2.75, 3.05) is 39.6 Å². The summed E-state index contributed by atoms with van der Waals surface area (Å²) in [5.74, 6) is 4.19. The number of aliphatic hydroxyl groups excluding tert-OH is 7. The molecule has 10 saturated carbocycles. The molecule has 10 aliphatic carbocycles. The summed E-state index contributed by atoms with van der Waals surface area (Å²) in [5.41, 5.74) is 2.14. The Morgan fingerprint density at radius 1 is 0.493 bits per heavy atom. The average molecular weight is 1030 g/mol. The van der Waals surface area contributed by atoms with E-state index in [4.69, 9.17) is 7.48 Å². The highest BCUT2D eigenvalue weighted by molar-refractivity contribution is 5.66. The average Bonchev–Trinajstić information content (AvgIpc) is 4.00. The molecular formula is C64H110O9. The van der Waals surface area contributed by atoms with Gasteiger partial charge >= 0.3 is 5.97 Å². The van der Waals surface area contributed by atoms with Gasteiger partial charge in [-0.1, -0.05) is 83.4 Å². The third kappa shape index (κ3) is 8.03. The highest BCUT2D eigenvalue weighted by Crippen LogP contribution is 2.80. The molecule has 9 heteroatoms. The van der Waals surface area contributed by atoms with Crippen molar-refractivity contribution in [1.29, 1.82) is 0 Å². The summed E-state index contributed by atoms with van der Waals surface area (Å²) in [6, 6.07) is 0. The van der Waals surface area contributed by atoms with E-state index in [-0.39, 0.29) is 82.3 Å². The fourth-order valence-electron chi connectivity index (χ4n) is 23.4. The van der Waals surface area contributed by atoms with E-state index in [1.54, 1.807) is 0 Å². The van der Waals surface area contributed by atoms with Crippen LogP contribution in [-0.4, -0.2) is 93.6 Å². The fourth-order valence-corrected chi connectivity index (χ4v) is 23.4. The minimum absolute atomic E-state index is 0.00165. The van der Waals surface area contributed by atoms with Gasteiger partial charge in [-0.3, -0.25) is 4.79 Å². The van der Waals surface area contributed by atoms with Crippen LogP contribution in [0, 0.1) is 113 Å². The lowest BCUT2D eigenvalue weighted by atomic mass is 9.32. The lowest BCUT2D eigenvalue weighted by Crippen LogP contribution is -2.67. The molecule has 0 aromatic carbocycles. The van der Waals surface area contributed by atoms with Gasteiger partial charge in [-0.15, -0.1) is 0 Å². The monoisotopic (exact) mass is 1020 g/mol. The summed E-state index contributed by atoms with van der Waals surface area (Å²) < 4.78 is 17.2. The number of rotatable bonds is 9. The van der Waals surface area contributed by atoms with Crippen LogP contribution in [0.1, 0.15) is 208 Å². The van der Waals surface area contributed by atoms with Crippen molar-refractivity contribution >= 4 is 5.97 Å². The van der Waals surface area contributed by atoms with Gasteiger partial charge in [0, 0.05) is 32.5 Å². The number of fused-ring (bicyclic) bond motifs is 14. The Bertz CT molecular complexity index is 2050. The Labute approximate surface area is 447 Å². The summed E-state index contributed by atoms with van der Waals surface area (Å²) in [7, 11) is 2.50. The molecule has 9 nitrogen and oxygen atoms in total. The van der Waals surface area contributed by atoms with Crippen LogP contribution in [0.2, 0.25) is 0 Å². The molecule has 0 spiro atoms. The highest BCUT2D eigenvalue weighted by Gasteiger charge is 2.73. The Morgan fingerprint density at radius 2 is 0.890 bits per heavy atom. The number of carbonyl (C=O) groups is 1.